The fourth-order valence-electron chi connectivity index (χ4n) is 1.92. The van der Waals surface area contributed by atoms with E-state index in [0.717, 1.165) is 17.1 Å². The van der Waals surface area contributed by atoms with Gasteiger partial charge in [0.05, 0.1) is 17.0 Å². The van der Waals surface area contributed by atoms with Gasteiger partial charge in [0.15, 0.2) is 5.78 Å². The van der Waals surface area contributed by atoms with E-state index in [2.05, 4.69) is 10.2 Å². The first-order valence-corrected chi connectivity index (χ1v) is 5.71. The topological polar surface area (TPSA) is 52.7 Å². The lowest BCUT2D eigenvalue weighted by atomic mass is 10.1. The maximum Gasteiger partial charge on any atom is 0.189 e. The van der Waals surface area contributed by atoms with Crippen molar-refractivity contribution in [2.24, 2.45) is 14.1 Å². The number of allylic oxidation sites excluding steroid dienone is 1. The molecule has 0 unspecified atom stereocenters. The summed E-state index contributed by atoms with van der Waals surface area (Å²) in [6, 6.07) is 1.85. The van der Waals surface area contributed by atoms with Crippen molar-refractivity contribution in [1.82, 2.24) is 19.6 Å². The number of carbonyl (C=O) groups excluding carboxylic acids is 1. The van der Waals surface area contributed by atoms with Gasteiger partial charge in [-0.1, -0.05) is 0 Å². The first-order valence-electron chi connectivity index (χ1n) is 5.71. The van der Waals surface area contributed by atoms with Crippen molar-refractivity contribution in [2.75, 3.05) is 0 Å². The number of aromatic nitrogens is 4. The molecule has 0 bridgehead atoms. The van der Waals surface area contributed by atoms with E-state index in [1.54, 1.807) is 27.7 Å². The number of ketones is 1. The molecule has 0 fully saturated rings. The minimum atomic E-state index is -0.0284. The number of hydrogen-bond donors (Lipinski definition) is 0. The highest BCUT2D eigenvalue weighted by Gasteiger charge is 2.14. The van der Waals surface area contributed by atoms with E-state index in [4.69, 9.17) is 0 Å². The van der Waals surface area contributed by atoms with Gasteiger partial charge in [-0.3, -0.25) is 14.2 Å². The fourth-order valence-corrected chi connectivity index (χ4v) is 1.92. The highest BCUT2D eigenvalue weighted by molar-refractivity contribution is 6.08. The largest absolute Gasteiger partial charge is 0.289 e. The van der Waals surface area contributed by atoms with Crippen LogP contribution < -0.4 is 0 Å². The van der Waals surface area contributed by atoms with Crippen LogP contribution in [0.3, 0.4) is 0 Å². The Hall–Kier alpha value is -2.17. The molecule has 0 saturated carbocycles. The van der Waals surface area contributed by atoms with E-state index in [1.165, 1.54) is 0 Å². The summed E-state index contributed by atoms with van der Waals surface area (Å²) in [5, 5.41) is 8.28. The summed E-state index contributed by atoms with van der Waals surface area (Å²) in [5.41, 5.74) is 3.21. The Morgan fingerprint density at radius 3 is 2.50 bits per heavy atom. The van der Waals surface area contributed by atoms with Gasteiger partial charge in [0.1, 0.15) is 0 Å². The Balaban J connectivity index is 2.28. The zero-order valence-electron chi connectivity index (χ0n) is 11.0. The quantitative estimate of drug-likeness (QED) is 0.609. The summed E-state index contributed by atoms with van der Waals surface area (Å²) >= 11 is 0. The van der Waals surface area contributed by atoms with E-state index >= 15 is 0 Å². The summed E-state index contributed by atoms with van der Waals surface area (Å²) in [4.78, 5) is 12.1. The molecular formula is C13H16N4O. The molecule has 0 spiro atoms. The van der Waals surface area contributed by atoms with Crippen molar-refractivity contribution in [3.63, 3.8) is 0 Å². The van der Waals surface area contributed by atoms with Gasteiger partial charge >= 0.3 is 0 Å². The Morgan fingerprint density at radius 1 is 1.28 bits per heavy atom. The lowest BCUT2D eigenvalue weighted by Gasteiger charge is -1.97. The van der Waals surface area contributed by atoms with Gasteiger partial charge in [0, 0.05) is 26.0 Å². The average molecular weight is 244 g/mol. The second-order valence-corrected chi connectivity index (χ2v) is 4.25. The normalized spacial score (nSPS) is 11.3. The summed E-state index contributed by atoms with van der Waals surface area (Å²) < 4.78 is 3.44. The van der Waals surface area contributed by atoms with Crippen LogP contribution >= 0.6 is 0 Å². The Kier molecular flexibility index (Phi) is 3.14. The van der Waals surface area contributed by atoms with Gasteiger partial charge in [-0.25, -0.2) is 0 Å². The molecule has 0 aliphatic heterocycles. The summed E-state index contributed by atoms with van der Waals surface area (Å²) in [5.74, 6) is -0.0284. The SMILES string of the molecule is Cc1nn(C)c(C)c1C(=O)/C=C/c1ccnn1C. The average Bonchev–Trinajstić information content (AvgIpc) is 2.81. The van der Waals surface area contributed by atoms with Gasteiger partial charge in [-0.05, 0) is 32.1 Å². The van der Waals surface area contributed by atoms with E-state index < -0.39 is 0 Å². The molecule has 0 N–H and O–H groups in total. The van der Waals surface area contributed by atoms with Gasteiger partial charge in [-0.15, -0.1) is 0 Å². The number of aryl methyl sites for hydroxylation is 3. The first kappa shape index (κ1) is 12.3. The summed E-state index contributed by atoms with van der Waals surface area (Å²) in [7, 11) is 3.68. The maximum absolute atomic E-state index is 12.1. The van der Waals surface area contributed by atoms with Crippen molar-refractivity contribution in [3.8, 4) is 0 Å². The van der Waals surface area contributed by atoms with Crippen LogP contribution in [-0.2, 0) is 14.1 Å². The highest BCUT2D eigenvalue weighted by atomic mass is 16.1. The van der Waals surface area contributed by atoms with Gasteiger partial charge < -0.3 is 0 Å². The Labute approximate surface area is 106 Å². The van der Waals surface area contributed by atoms with Gasteiger partial charge in [0.2, 0.25) is 0 Å². The number of rotatable bonds is 3. The molecule has 5 nitrogen and oxygen atoms in total. The lowest BCUT2D eigenvalue weighted by molar-refractivity contribution is 0.104. The molecule has 0 aliphatic rings. The zero-order chi connectivity index (χ0) is 13.3. The third-order valence-corrected chi connectivity index (χ3v) is 3.02. The van der Waals surface area contributed by atoms with Crippen LogP contribution in [-0.4, -0.2) is 25.3 Å². The van der Waals surface area contributed by atoms with Crippen LogP contribution in [0.5, 0.6) is 0 Å². The summed E-state index contributed by atoms with van der Waals surface area (Å²) in [6.07, 6.45) is 5.03. The van der Waals surface area contributed by atoms with Crippen LogP contribution in [0.1, 0.15) is 27.4 Å². The molecule has 94 valence electrons. The molecule has 5 heteroatoms. The van der Waals surface area contributed by atoms with Crippen molar-refractivity contribution in [3.05, 3.63) is 41.0 Å². The Morgan fingerprint density at radius 2 is 2.00 bits per heavy atom. The molecule has 2 heterocycles. The predicted octanol–water partition coefficient (Wildman–Crippen LogP) is 1.67. The van der Waals surface area contributed by atoms with Gasteiger partial charge in [-0.2, -0.15) is 10.2 Å². The van der Waals surface area contributed by atoms with Crippen molar-refractivity contribution < 1.29 is 4.79 Å². The number of hydrogen-bond acceptors (Lipinski definition) is 3. The number of nitrogens with zero attached hydrogens (tertiary/aromatic N) is 4. The van der Waals surface area contributed by atoms with E-state index in [-0.39, 0.29) is 5.78 Å². The molecule has 0 amide bonds. The molecule has 0 aromatic carbocycles. The lowest BCUT2D eigenvalue weighted by Crippen LogP contribution is -2.00. The molecular weight excluding hydrogens is 228 g/mol. The van der Waals surface area contributed by atoms with Crippen molar-refractivity contribution in [1.29, 1.82) is 0 Å². The molecule has 2 aromatic heterocycles. The molecule has 0 radical (unpaired) electrons. The summed E-state index contributed by atoms with van der Waals surface area (Å²) in [6.45, 7) is 3.74. The Bertz CT molecular complexity index is 619. The van der Waals surface area contributed by atoms with Crippen LogP contribution in [0.2, 0.25) is 0 Å². The monoisotopic (exact) mass is 244 g/mol. The molecule has 0 saturated heterocycles. The van der Waals surface area contributed by atoms with Crippen LogP contribution in [0.25, 0.3) is 6.08 Å². The van der Waals surface area contributed by atoms with Crippen molar-refractivity contribution >= 4 is 11.9 Å². The third-order valence-electron chi connectivity index (χ3n) is 3.02. The predicted molar refractivity (Wildman–Crippen MR) is 69.3 cm³/mol. The molecule has 0 aliphatic carbocycles. The molecule has 18 heavy (non-hydrogen) atoms. The second kappa shape index (κ2) is 4.60. The minimum Gasteiger partial charge on any atom is -0.289 e. The van der Waals surface area contributed by atoms with Crippen LogP contribution in [0.4, 0.5) is 0 Å². The van der Waals surface area contributed by atoms with Gasteiger partial charge in [0.25, 0.3) is 0 Å². The maximum atomic E-state index is 12.1. The van der Waals surface area contributed by atoms with E-state index in [0.29, 0.717) is 5.56 Å². The molecule has 2 aromatic rings. The fraction of sp³-hybridized carbons (Fsp3) is 0.308. The first-order chi connectivity index (χ1) is 8.50. The smallest absolute Gasteiger partial charge is 0.189 e. The van der Waals surface area contributed by atoms with Crippen molar-refractivity contribution in [2.45, 2.75) is 13.8 Å². The zero-order valence-corrected chi connectivity index (χ0v) is 11.0. The molecule has 0 atom stereocenters. The number of carbonyl (C=O) groups is 1. The molecule has 2 rings (SSSR count). The second-order valence-electron chi connectivity index (χ2n) is 4.25. The van der Waals surface area contributed by atoms with Crippen LogP contribution in [0.15, 0.2) is 18.3 Å². The van der Waals surface area contributed by atoms with Crippen LogP contribution in [0, 0.1) is 13.8 Å². The van der Waals surface area contributed by atoms with E-state index in [1.807, 2.05) is 34.0 Å². The minimum absolute atomic E-state index is 0.0284. The highest BCUT2D eigenvalue weighted by Crippen LogP contribution is 2.13. The van der Waals surface area contributed by atoms with E-state index in [9.17, 15) is 4.79 Å². The third kappa shape index (κ3) is 2.11. The standard InChI is InChI=1S/C13H16N4O/c1-9-13(10(2)16(3)15-9)12(18)6-5-11-7-8-14-17(11)4/h5-8H,1-4H3/b6-5+.